The Balaban J connectivity index is 2.13. The standard InChI is InChI=1S/C13H15FN2OS/c1-8(15)12-5-10(14)3-4-13(12)17-6-11-7-18-9(2)16-11/h3-5,7-8H,6,15H2,1-2H3/t8-/m1/s1. The van der Waals surface area contributed by atoms with Crippen LogP contribution in [0.1, 0.15) is 29.2 Å². The van der Waals surface area contributed by atoms with Gasteiger partial charge in [0.1, 0.15) is 18.2 Å². The lowest BCUT2D eigenvalue weighted by Crippen LogP contribution is -2.08. The van der Waals surface area contributed by atoms with E-state index in [9.17, 15) is 4.39 Å². The molecule has 96 valence electrons. The molecule has 0 unspecified atom stereocenters. The van der Waals surface area contributed by atoms with Crippen molar-refractivity contribution < 1.29 is 9.13 Å². The smallest absolute Gasteiger partial charge is 0.131 e. The maximum absolute atomic E-state index is 13.2. The van der Waals surface area contributed by atoms with Crippen molar-refractivity contribution in [3.63, 3.8) is 0 Å². The number of ether oxygens (including phenoxy) is 1. The van der Waals surface area contributed by atoms with Crippen LogP contribution in [-0.4, -0.2) is 4.98 Å². The van der Waals surface area contributed by atoms with Crippen molar-refractivity contribution in [2.75, 3.05) is 0 Å². The molecule has 1 aromatic heterocycles. The molecule has 0 fully saturated rings. The Bertz CT molecular complexity index is 540. The van der Waals surface area contributed by atoms with Crippen LogP contribution in [0.4, 0.5) is 4.39 Å². The zero-order chi connectivity index (χ0) is 13.1. The Labute approximate surface area is 109 Å². The SMILES string of the molecule is Cc1nc(COc2ccc(F)cc2[C@@H](C)N)cs1. The molecule has 1 aromatic carbocycles. The summed E-state index contributed by atoms with van der Waals surface area (Å²) in [5.74, 6) is 0.302. The molecular formula is C13H15FN2OS. The van der Waals surface area contributed by atoms with Crippen LogP contribution in [0, 0.1) is 12.7 Å². The van der Waals surface area contributed by atoms with Crippen molar-refractivity contribution in [1.82, 2.24) is 4.98 Å². The highest BCUT2D eigenvalue weighted by molar-refractivity contribution is 7.09. The van der Waals surface area contributed by atoms with Gasteiger partial charge >= 0.3 is 0 Å². The van der Waals surface area contributed by atoms with Gasteiger partial charge in [-0.3, -0.25) is 0 Å². The van der Waals surface area contributed by atoms with Crippen LogP contribution in [0.25, 0.3) is 0 Å². The van der Waals surface area contributed by atoms with E-state index in [1.165, 1.54) is 12.1 Å². The van der Waals surface area contributed by atoms with Crippen molar-refractivity contribution in [2.45, 2.75) is 26.5 Å². The first-order valence-corrected chi connectivity index (χ1v) is 6.53. The maximum atomic E-state index is 13.2. The summed E-state index contributed by atoms with van der Waals surface area (Å²) in [5.41, 5.74) is 7.34. The minimum absolute atomic E-state index is 0.270. The van der Waals surface area contributed by atoms with Gasteiger partial charge in [-0.25, -0.2) is 9.37 Å². The summed E-state index contributed by atoms with van der Waals surface area (Å²) in [5, 5.41) is 2.95. The number of hydrogen-bond donors (Lipinski definition) is 1. The number of nitrogens with two attached hydrogens (primary N) is 1. The van der Waals surface area contributed by atoms with Gasteiger partial charge in [0.25, 0.3) is 0 Å². The van der Waals surface area contributed by atoms with Gasteiger partial charge in [-0.15, -0.1) is 11.3 Å². The lowest BCUT2D eigenvalue weighted by Gasteiger charge is -2.13. The zero-order valence-electron chi connectivity index (χ0n) is 10.3. The fourth-order valence-electron chi connectivity index (χ4n) is 1.63. The first-order chi connectivity index (χ1) is 8.56. The van der Waals surface area contributed by atoms with Crippen LogP contribution in [-0.2, 0) is 6.61 Å². The van der Waals surface area contributed by atoms with E-state index in [-0.39, 0.29) is 11.9 Å². The molecule has 0 radical (unpaired) electrons. The van der Waals surface area contributed by atoms with E-state index in [1.54, 1.807) is 24.3 Å². The van der Waals surface area contributed by atoms with Crippen molar-refractivity contribution in [3.8, 4) is 5.75 Å². The third-order valence-electron chi connectivity index (χ3n) is 2.50. The Kier molecular flexibility index (Phi) is 3.93. The summed E-state index contributed by atoms with van der Waals surface area (Å²) < 4.78 is 18.8. The molecule has 0 aliphatic carbocycles. The predicted octanol–water partition coefficient (Wildman–Crippen LogP) is 3.19. The van der Waals surface area contributed by atoms with Crippen molar-refractivity contribution in [1.29, 1.82) is 0 Å². The molecule has 1 atom stereocenters. The molecule has 0 spiro atoms. The molecule has 0 saturated carbocycles. The zero-order valence-corrected chi connectivity index (χ0v) is 11.1. The molecule has 1 heterocycles. The highest BCUT2D eigenvalue weighted by Gasteiger charge is 2.10. The summed E-state index contributed by atoms with van der Waals surface area (Å²) in [6.45, 7) is 4.11. The molecule has 0 amide bonds. The fraction of sp³-hybridized carbons (Fsp3) is 0.308. The minimum Gasteiger partial charge on any atom is -0.487 e. The van der Waals surface area contributed by atoms with Gasteiger partial charge in [-0.05, 0) is 32.0 Å². The summed E-state index contributed by atoms with van der Waals surface area (Å²) >= 11 is 1.58. The second-order valence-electron chi connectivity index (χ2n) is 4.12. The van der Waals surface area contributed by atoms with E-state index < -0.39 is 0 Å². The van der Waals surface area contributed by atoms with Crippen LogP contribution in [0.2, 0.25) is 0 Å². The Morgan fingerprint density at radius 1 is 1.50 bits per heavy atom. The van der Waals surface area contributed by atoms with Gasteiger partial charge in [0, 0.05) is 17.0 Å². The Morgan fingerprint density at radius 2 is 2.28 bits per heavy atom. The highest BCUT2D eigenvalue weighted by atomic mass is 32.1. The van der Waals surface area contributed by atoms with Crippen molar-refractivity contribution in [2.24, 2.45) is 5.73 Å². The molecule has 3 nitrogen and oxygen atoms in total. The van der Waals surface area contributed by atoms with Gasteiger partial charge in [-0.1, -0.05) is 0 Å². The van der Waals surface area contributed by atoms with Gasteiger partial charge in [0.15, 0.2) is 0 Å². The topological polar surface area (TPSA) is 48.1 Å². The number of hydrogen-bond acceptors (Lipinski definition) is 4. The van der Waals surface area contributed by atoms with Crippen LogP contribution < -0.4 is 10.5 Å². The minimum atomic E-state index is -0.306. The number of halogens is 1. The first-order valence-electron chi connectivity index (χ1n) is 5.65. The average Bonchev–Trinajstić information content (AvgIpc) is 2.73. The van der Waals surface area contributed by atoms with Crippen molar-refractivity contribution in [3.05, 3.63) is 45.7 Å². The molecule has 18 heavy (non-hydrogen) atoms. The molecular weight excluding hydrogens is 251 g/mol. The average molecular weight is 266 g/mol. The number of aromatic nitrogens is 1. The summed E-state index contributed by atoms with van der Waals surface area (Å²) in [6, 6.07) is 4.11. The molecule has 0 aliphatic rings. The van der Waals surface area contributed by atoms with E-state index in [1.807, 2.05) is 12.3 Å². The third-order valence-corrected chi connectivity index (χ3v) is 3.33. The molecule has 2 aromatic rings. The summed E-state index contributed by atoms with van der Waals surface area (Å²) in [6.07, 6.45) is 0. The molecule has 0 saturated heterocycles. The van der Waals surface area contributed by atoms with Gasteiger partial charge in [0.2, 0.25) is 0 Å². The summed E-state index contributed by atoms with van der Waals surface area (Å²) in [7, 11) is 0. The number of thiazole rings is 1. The van der Waals surface area contributed by atoms with E-state index >= 15 is 0 Å². The van der Waals surface area contributed by atoms with E-state index in [0.717, 1.165) is 10.7 Å². The fourth-order valence-corrected chi connectivity index (χ4v) is 2.23. The first kappa shape index (κ1) is 13.0. The third kappa shape index (κ3) is 3.05. The second kappa shape index (κ2) is 5.46. The molecule has 0 bridgehead atoms. The van der Waals surface area contributed by atoms with Crippen LogP contribution in [0.15, 0.2) is 23.6 Å². The molecule has 5 heteroatoms. The molecule has 2 N–H and O–H groups in total. The van der Waals surface area contributed by atoms with Crippen LogP contribution >= 0.6 is 11.3 Å². The van der Waals surface area contributed by atoms with E-state index in [4.69, 9.17) is 10.5 Å². The monoisotopic (exact) mass is 266 g/mol. The quantitative estimate of drug-likeness (QED) is 0.924. The van der Waals surface area contributed by atoms with Crippen LogP contribution in [0.3, 0.4) is 0 Å². The van der Waals surface area contributed by atoms with E-state index in [0.29, 0.717) is 17.9 Å². The van der Waals surface area contributed by atoms with Gasteiger partial charge < -0.3 is 10.5 Å². The maximum Gasteiger partial charge on any atom is 0.131 e. The lowest BCUT2D eigenvalue weighted by atomic mass is 10.1. The van der Waals surface area contributed by atoms with Gasteiger partial charge in [0.05, 0.1) is 10.7 Å². The normalized spacial score (nSPS) is 12.4. The van der Waals surface area contributed by atoms with Crippen molar-refractivity contribution >= 4 is 11.3 Å². The van der Waals surface area contributed by atoms with Crippen LogP contribution in [0.5, 0.6) is 5.75 Å². The Hall–Kier alpha value is -1.46. The molecule has 2 rings (SSSR count). The number of nitrogens with zero attached hydrogens (tertiary/aromatic N) is 1. The number of benzene rings is 1. The van der Waals surface area contributed by atoms with E-state index in [2.05, 4.69) is 4.98 Å². The second-order valence-corrected chi connectivity index (χ2v) is 5.18. The predicted molar refractivity (Wildman–Crippen MR) is 70.2 cm³/mol. The molecule has 0 aliphatic heterocycles. The highest BCUT2D eigenvalue weighted by Crippen LogP contribution is 2.25. The number of rotatable bonds is 4. The summed E-state index contributed by atoms with van der Waals surface area (Å²) in [4.78, 5) is 4.31. The number of aryl methyl sites for hydroxylation is 1. The largest absolute Gasteiger partial charge is 0.487 e. The lowest BCUT2D eigenvalue weighted by molar-refractivity contribution is 0.297. The van der Waals surface area contributed by atoms with Gasteiger partial charge in [-0.2, -0.15) is 0 Å². The Morgan fingerprint density at radius 3 is 2.89 bits per heavy atom.